The van der Waals surface area contributed by atoms with Crippen LogP contribution in [0.3, 0.4) is 0 Å². The second kappa shape index (κ2) is 3.41. The maximum absolute atomic E-state index is 10.7. The highest BCUT2D eigenvalue weighted by molar-refractivity contribution is 7.99. The monoisotopic (exact) mass is 198 g/mol. The van der Waals surface area contributed by atoms with E-state index in [0.29, 0.717) is 6.04 Å². The fourth-order valence-corrected chi connectivity index (χ4v) is 2.72. The van der Waals surface area contributed by atoms with E-state index in [1.807, 2.05) is 11.8 Å². The summed E-state index contributed by atoms with van der Waals surface area (Å²) in [5.74, 6) is 1.33. The van der Waals surface area contributed by atoms with Crippen molar-refractivity contribution < 1.29 is 9.90 Å². The van der Waals surface area contributed by atoms with E-state index < -0.39 is 5.97 Å². The van der Waals surface area contributed by atoms with Gasteiger partial charge in [-0.15, -0.1) is 0 Å². The summed E-state index contributed by atoms with van der Waals surface area (Å²) >= 11 is 1.86. The highest BCUT2D eigenvalue weighted by Gasteiger charge is 2.22. The summed E-state index contributed by atoms with van der Waals surface area (Å²) < 4.78 is 1.77. The molecule has 1 atom stereocenters. The predicted molar refractivity (Wildman–Crippen MR) is 50.2 cm³/mol. The minimum Gasteiger partial charge on any atom is -0.475 e. The molecule has 5 heteroatoms. The topological polar surface area (TPSA) is 55.1 Å². The Morgan fingerprint density at radius 2 is 2.62 bits per heavy atom. The third kappa shape index (κ3) is 1.56. The second-order valence-electron chi connectivity index (χ2n) is 2.98. The molecule has 4 nitrogen and oxygen atoms in total. The number of thioether (sulfide) groups is 1. The van der Waals surface area contributed by atoms with E-state index in [1.54, 1.807) is 17.0 Å². The molecular formula is C8H10N2O2S. The Labute approximate surface area is 80.0 Å². The van der Waals surface area contributed by atoms with Crippen LogP contribution < -0.4 is 0 Å². The van der Waals surface area contributed by atoms with E-state index in [1.165, 1.54) is 0 Å². The lowest BCUT2D eigenvalue weighted by molar-refractivity contribution is 0.0676. The van der Waals surface area contributed by atoms with Crippen molar-refractivity contribution in [2.24, 2.45) is 0 Å². The Kier molecular flexibility index (Phi) is 2.26. The molecule has 2 rings (SSSR count). The molecule has 0 aromatic carbocycles. The Bertz CT molecular complexity index is 318. The lowest BCUT2D eigenvalue weighted by Gasteiger charge is -2.11. The Hall–Kier alpha value is -0.970. The van der Waals surface area contributed by atoms with Gasteiger partial charge in [-0.05, 0) is 12.2 Å². The van der Waals surface area contributed by atoms with Crippen LogP contribution in [0.25, 0.3) is 0 Å². The van der Waals surface area contributed by atoms with Gasteiger partial charge >= 0.3 is 5.97 Å². The minimum atomic E-state index is -0.943. The standard InChI is InChI=1S/C8H10N2O2S/c11-8(12)7-9-2-3-10(7)6-1-4-13-5-6/h2-3,6H,1,4-5H2,(H,11,12). The molecule has 0 saturated carbocycles. The molecule has 2 heterocycles. The van der Waals surface area contributed by atoms with E-state index in [0.717, 1.165) is 17.9 Å². The van der Waals surface area contributed by atoms with Gasteiger partial charge in [0.05, 0.1) is 0 Å². The van der Waals surface area contributed by atoms with Gasteiger partial charge in [-0.2, -0.15) is 11.8 Å². The van der Waals surface area contributed by atoms with Crippen LogP contribution in [0, 0.1) is 0 Å². The lowest BCUT2D eigenvalue weighted by Crippen LogP contribution is -2.14. The molecule has 1 fully saturated rings. The largest absolute Gasteiger partial charge is 0.475 e. The van der Waals surface area contributed by atoms with Crippen molar-refractivity contribution in [3.8, 4) is 0 Å². The van der Waals surface area contributed by atoms with E-state index in [2.05, 4.69) is 4.98 Å². The predicted octanol–water partition coefficient (Wildman–Crippen LogP) is 1.26. The summed E-state index contributed by atoms with van der Waals surface area (Å²) in [7, 11) is 0. The van der Waals surface area contributed by atoms with Crippen LogP contribution in [0.1, 0.15) is 23.1 Å². The van der Waals surface area contributed by atoms with Gasteiger partial charge in [0.25, 0.3) is 0 Å². The molecule has 1 unspecified atom stereocenters. The summed E-state index contributed by atoms with van der Waals surface area (Å²) in [6.45, 7) is 0. The molecule has 1 aliphatic rings. The van der Waals surface area contributed by atoms with Gasteiger partial charge < -0.3 is 9.67 Å². The number of aromatic carboxylic acids is 1. The maximum Gasteiger partial charge on any atom is 0.372 e. The fourth-order valence-electron chi connectivity index (χ4n) is 1.51. The Balaban J connectivity index is 2.28. The average molecular weight is 198 g/mol. The first kappa shape index (κ1) is 8.62. The lowest BCUT2D eigenvalue weighted by atomic mass is 10.2. The van der Waals surface area contributed by atoms with Crippen molar-refractivity contribution in [1.29, 1.82) is 0 Å². The third-order valence-corrected chi connectivity index (χ3v) is 3.30. The van der Waals surface area contributed by atoms with Gasteiger partial charge in [0.1, 0.15) is 0 Å². The number of carboxylic acids is 1. The van der Waals surface area contributed by atoms with Crippen LogP contribution in [-0.4, -0.2) is 32.1 Å². The first-order chi connectivity index (χ1) is 6.29. The molecule has 0 amide bonds. The van der Waals surface area contributed by atoms with E-state index in [9.17, 15) is 4.79 Å². The summed E-state index contributed by atoms with van der Waals surface area (Å²) in [5.41, 5.74) is 0. The van der Waals surface area contributed by atoms with Crippen molar-refractivity contribution in [3.63, 3.8) is 0 Å². The van der Waals surface area contributed by atoms with Gasteiger partial charge in [0.2, 0.25) is 5.82 Å². The number of rotatable bonds is 2. The zero-order chi connectivity index (χ0) is 9.26. The molecule has 0 bridgehead atoms. The van der Waals surface area contributed by atoms with Crippen molar-refractivity contribution >= 4 is 17.7 Å². The SMILES string of the molecule is O=C(O)c1nccn1C1CCSC1. The maximum atomic E-state index is 10.7. The van der Waals surface area contributed by atoms with Gasteiger partial charge in [0, 0.05) is 24.2 Å². The van der Waals surface area contributed by atoms with Gasteiger partial charge in [-0.1, -0.05) is 0 Å². The zero-order valence-electron chi connectivity index (χ0n) is 7.01. The highest BCUT2D eigenvalue weighted by Crippen LogP contribution is 2.28. The fraction of sp³-hybridized carbons (Fsp3) is 0.500. The zero-order valence-corrected chi connectivity index (χ0v) is 7.83. The van der Waals surface area contributed by atoms with Crippen molar-refractivity contribution in [3.05, 3.63) is 18.2 Å². The molecule has 13 heavy (non-hydrogen) atoms. The summed E-state index contributed by atoms with van der Waals surface area (Å²) in [6, 6.07) is 0.318. The van der Waals surface area contributed by atoms with Crippen molar-refractivity contribution in [2.75, 3.05) is 11.5 Å². The van der Waals surface area contributed by atoms with E-state index in [-0.39, 0.29) is 5.82 Å². The molecule has 1 aromatic rings. The normalized spacial score (nSPS) is 22.0. The number of hydrogen-bond donors (Lipinski definition) is 1. The van der Waals surface area contributed by atoms with Crippen LogP contribution >= 0.6 is 11.8 Å². The van der Waals surface area contributed by atoms with Crippen LogP contribution in [-0.2, 0) is 0 Å². The summed E-state index contributed by atoms with van der Waals surface area (Å²) in [4.78, 5) is 14.6. The van der Waals surface area contributed by atoms with Crippen molar-refractivity contribution in [2.45, 2.75) is 12.5 Å². The second-order valence-corrected chi connectivity index (χ2v) is 4.13. The van der Waals surface area contributed by atoms with Crippen molar-refractivity contribution in [1.82, 2.24) is 9.55 Å². The number of aromatic nitrogens is 2. The molecule has 0 aliphatic carbocycles. The Morgan fingerprint density at radius 3 is 3.23 bits per heavy atom. The molecule has 0 radical (unpaired) electrons. The van der Waals surface area contributed by atoms with Gasteiger partial charge in [0.15, 0.2) is 0 Å². The quantitative estimate of drug-likeness (QED) is 0.777. The van der Waals surface area contributed by atoms with Crippen LogP contribution in [0.4, 0.5) is 0 Å². The summed E-state index contributed by atoms with van der Waals surface area (Å²) in [6.07, 6.45) is 4.34. The minimum absolute atomic E-state index is 0.160. The van der Waals surface area contributed by atoms with Crippen LogP contribution in [0.5, 0.6) is 0 Å². The summed E-state index contributed by atoms with van der Waals surface area (Å²) in [5, 5.41) is 8.82. The molecule has 1 saturated heterocycles. The number of nitrogens with zero attached hydrogens (tertiary/aromatic N) is 2. The third-order valence-electron chi connectivity index (χ3n) is 2.16. The molecule has 70 valence electrons. The number of hydrogen-bond acceptors (Lipinski definition) is 3. The molecule has 1 aromatic heterocycles. The van der Waals surface area contributed by atoms with Crippen LogP contribution in [0.15, 0.2) is 12.4 Å². The number of carbonyl (C=O) groups is 1. The number of imidazole rings is 1. The molecule has 0 spiro atoms. The van der Waals surface area contributed by atoms with E-state index in [4.69, 9.17) is 5.11 Å². The highest BCUT2D eigenvalue weighted by atomic mass is 32.2. The molecule has 1 N–H and O–H groups in total. The molecular weight excluding hydrogens is 188 g/mol. The van der Waals surface area contributed by atoms with Gasteiger partial charge in [-0.3, -0.25) is 0 Å². The molecule has 1 aliphatic heterocycles. The van der Waals surface area contributed by atoms with Crippen LogP contribution in [0.2, 0.25) is 0 Å². The smallest absolute Gasteiger partial charge is 0.372 e. The first-order valence-electron chi connectivity index (χ1n) is 4.13. The average Bonchev–Trinajstić information content (AvgIpc) is 2.74. The first-order valence-corrected chi connectivity index (χ1v) is 5.28. The van der Waals surface area contributed by atoms with E-state index >= 15 is 0 Å². The number of carboxylic acid groups (broad SMARTS) is 1. The Morgan fingerprint density at radius 1 is 1.77 bits per heavy atom. The van der Waals surface area contributed by atoms with Gasteiger partial charge in [-0.25, -0.2) is 9.78 Å².